The Labute approximate surface area is 114 Å². The van der Waals surface area contributed by atoms with Gasteiger partial charge in [0, 0.05) is 6.21 Å². The van der Waals surface area contributed by atoms with Crippen LogP contribution in [-0.2, 0) is 13.6 Å². The highest BCUT2D eigenvalue weighted by Gasteiger charge is 2.27. The summed E-state index contributed by atoms with van der Waals surface area (Å²) in [4.78, 5) is 4.10. The van der Waals surface area contributed by atoms with E-state index in [2.05, 4.69) is 11.6 Å². The van der Waals surface area contributed by atoms with Crippen LogP contribution in [0.25, 0.3) is 0 Å². The average molecular weight is 281 g/mol. The van der Waals surface area contributed by atoms with Crippen molar-refractivity contribution in [3.05, 3.63) is 47.4 Å². The summed E-state index contributed by atoms with van der Waals surface area (Å²) in [5.74, 6) is 0. The van der Waals surface area contributed by atoms with E-state index < -0.39 is 7.60 Å². The Morgan fingerprint density at radius 3 is 2.26 bits per heavy atom. The summed E-state index contributed by atoms with van der Waals surface area (Å²) in [6.07, 6.45) is 1.60. The Morgan fingerprint density at radius 1 is 1.26 bits per heavy atom. The van der Waals surface area contributed by atoms with Gasteiger partial charge in [0.15, 0.2) is 0 Å². The largest absolute Gasteiger partial charge is 0.378 e. The molecule has 1 aromatic carbocycles. The van der Waals surface area contributed by atoms with Crippen LogP contribution in [0.3, 0.4) is 0 Å². The molecule has 0 aliphatic rings. The van der Waals surface area contributed by atoms with Gasteiger partial charge in [-0.25, -0.2) is 4.99 Å². The van der Waals surface area contributed by atoms with Crippen molar-refractivity contribution in [2.45, 2.75) is 20.8 Å². The highest BCUT2D eigenvalue weighted by Crippen LogP contribution is 2.55. The number of aliphatic imine (C=N–C) groups is 1. The van der Waals surface area contributed by atoms with Crippen LogP contribution in [0.2, 0.25) is 0 Å². The molecule has 0 heterocycles. The fourth-order valence-corrected chi connectivity index (χ4v) is 2.65. The molecule has 0 N–H and O–H groups in total. The normalized spacial score (nSPS) is 11.9. The summed E-state index contributed by atoms with van der Waals surface area (Å²) < 4.78 is 22.6. The summed E-state index contributed by atoms with van der Waals surface area (Å²) in [5.41, 5.74) is 2.20. The molecule has 1 aromatic rings. The molecule has 0 aliphatic carbocycles. The SMILES string of the molecule is C=C(/N=C/c1ccc(C)cc1)P(=O)(OCC)OCC. The molecule has 0 atom stereocenters. The maximum atomic E-state index is 12.3. The molecule has 4 nitrogen and oxygen atoms in total. The van der Waals surface area contributed by atoms with E-state index in [-0.39, 0.29) is 18.7 Å². The van der Waals surface area contributed by atoms with Gasteiger partial charge in [-0.2, -0.15) is 0 Å². The molecule has 0 amide bonds. The van der Waals surface area contributed by atoms with E-state index in [0.29, 0.717) is 0 Å². The van der Waals surface area contributed by atoms with Crippen molar-refractivity contribution in [2.75, 3.05) is 13.2 Å². The van der Waals surface area contributed by atoms with Gasteiger partial charge in [-0.1, -0.05) is 36.4 Å². The molecule has 0 saturated heterocycles. The number of benzene rings is 1. The zero-order chi connectivity index (χ0) is 14.3. The molecule has 0 bridgehead atoms. The fourth-order valence-electron chi connectivity index (χ4n) is 1.40. The quantitative estimate of drug-likeness (QED) is 0.557. The van der Waals surface area contributed by atoms with Crippen LogP contribution in [0.15, 0.2) is 41.3 Å². The van der Waals surface area contributed by atoms with Crippen molar-refractivity contribution in [3.63, 3.8) is 0 Å². The first-order valence-electron chi connectivity index (χ1n) is 6.21. The van der Waals surface area contributed by atoms with Gasteiger partial charge in [0.2, 0.25) is 0 Å². The van der Waals surface area contributed by atoms with Crippen molar-refractivity contribution in [3.8, 4) is 0 Å². The highest BCUT2D eigenvalue weighted by molar-refractivity contribution is 7.58. The topological polar surface area (TPSA) is 47.9 Å². The van der Waals surface area contributed by atoms with E-state index in [1.807, 2.05) is 31.2 Å². The lowest BCUT2D eigenvalue weighted by Gasteiger charge is -2.15. The monoisotopic (exact) mass is 281 g/mol. The third-order valence-electron chi connectivity index (χ3n) is 2.35. The fraction of sp³-hybridized carbons (Fsp3) is 0.357. The summed E-state index contributed by atoms with van der Waals surface area (Å²) in [6, 6.07) is 7.82. The van der Waals surface area contributed by atoms with Gasteiger partial charge in [0.05, 0.1) is 13.2 Å². The van der Waals surface area contributed by atoms with Crippen LogP contribution in [0, 0.1) is 6.92 Å². The highest BCUT2D eigenvalue weighted by atomic mass is 31.2. The van der Waals surface area contributed by atoms with Crippen molar-refractivity contribution in [1.29, 1.82) is 0 Å². The Kier molecular flexibility index (Phi) is 6.16. The molecule has 0 radical (unpaired) electrons. The molecule has 19 heavy (non-hydrogen) atoms. The van der Waals surface area contributed by atoms with Crippen molar-refractivity contribution in [2.24, 2.45) is 4.99 Å². The first-order valence-corrected chi connectivity index (χ1v) is 7.75. The third kappa shape index (κ3) is 4.75. The van der Waals surface area contributed by atoms with Crippen molar-refractivity contribution in [1.82, 2.24) is 0 Å². The number of nitrogens with zero attached hydrogens (tertiary/aromatic N) is 1. The predicted molar refractivity (Wildman–Crippen MR) is 78.8 cm³/mol. The average Bonchev–Trinajstić information content (AvgIpc) is 2.38. The van der Waals surface area contributed by atoms with Crippen LogP contribution >= 0.6 is 7.60 Å². The zero-order valence-electron chi connectivity index (χ0n) is 11.6. The lowest BCUT2D eigenvalue weighted by atomic mass is 10.2. The Morgan fingerprint density at radius 2 is 1.79 bits per heavy atom. The Bertz CT molecular complexity index is 484. The first-order chi connectivity index (χ1) is 9.01. The molecule has 104 valence electrons. The van der Waals surface area contributed by atoms with Gasteiger partial charge in [0.25, 0.3) is 0 Å². The molecule has 1 rings (SSSR count). The second kappa shape index (κ2) is 7.39. The van der Waals surface area contributed by atoms with Gasteiger partial charge in [-0.15, -0.1) is 0 Å². The maximum Gasteiger partial charge on any atom is 0.378 e. The molecule has 0 unspecified atom stereocenters. The van der Waals surface area contributed by atoms with Crippen LogP contribution in [0.4, 0.5) is 0 Å². The lowest BCUT2D eigenvalue weighted by Crippen LogP contribution is -1.97. The van der Waals surface area contributed by atoms with Gasteiger partial charge in [-0.3, -0.25) is 4.57 Å². The molecule has 0 aliphatic heterocycles. The minimum atomic E-state index is -3.35. The second-order valence-corrected chi connectivity index (χ2v) is 5.95. The number of hydrogen-bond acceptors (Lipinski definition) is 4. The van der Waals surface area contributed by atoms with Gasteiger partial charge >= 0.3 is 7.60 Å². The third-order valence-corrected chi connectivity index (χ3v) is 4.30. The number of rotatable bonds is 7. The van der Waals surface area contributed by atoms with Crippen LogP contribution < -0.4 is 0 Å². The Hall–Kier alpha value is -1.22. The molecule has 0 fully saturated rings. The molecule has 0 saturated carbocycles. The minimum Gasteiger partial charge on any atom is -0.304 e. The predicted octanol–water partition coefficient (Wildman–Crippen LogP) is 4.15. The minimum absolute atomic E-state index is 0.122. The van der Waals surface area contributed by atoms with E-state index in [0.717, 1.165) is 5.56 Å². The van der Waals surface area contributed by atoms with Crippen LogP contribution in [0.1, 0.15) is 25.0 Å². The molecule has 5 heteroatoms. The first kappa shape index (κ1) is 15.8. The van der Waals surface area contributed by atoms with Crippen LogP contribution in [-0.4, -0.2) is 19.4 Å². The zero-order valence-corrected chi connectivity index (χ0v) is 12.5. The van der Waals surface area contributed by atoms with E-state index in [1.54, 1.807) is 20.1 Å². The van der Waals surface area contributed by atoms with Crippen molar-refractivity contribution >= 4 is 13.8 Å². The van der Waals surface area contributed by atoms with Gasteiger partial charge in [0.1, 0.15) is 5.44 Å². The Balaban J connectivity index is 2.81. The van der Waals surface area contributed by atoms with Gasteiger partial charge < -0.3 is 9.05 Å². The van der Waals surface area contributed by atoms with E-state index >= 15 is 0 Å². The number of aryl methyl sites for hydroxylation is 1. The second-order valence-electron chi connectivity index (χ2n) is 3.92. The maximum absolute atomic E-state index is 12.3. The summed E-state index contributed by atoms with van der Waals surface area (Å²) in [6.45, 7) is 9.78. The summed E-state index contributed by atoms with van der Waals surface area (Å²) in [7, 11) is -3.35. The molecule has 0 aromatic heterocycles. The van der Waals surface area contributed by atoms with E-state index in [1.165, 1.54) is 5.56 Å². The van der Waals surface area contributed by atoms with Crippen LogP contribution in [0.5, 0.6) is 0 Å². The summed E-state index contributed by atoms with van der Waals surface area (Å²) >= 11 is 0. The standard InChI is InChI=1S/C14H20NO3P/c1-5-17-19(16,18-6-2)13(4)15-11-14-9-7-12(3)8-10-14/h7-11H,4-6H2,1-3H3/b15-11+. The molecule has 0 spiro atoms. The lowest BCUT2D eigenvalue weighted by molar-refractivity contribution is 0.226. The smallest absolute Gasteiger partial charge is 0.304 e. The number of hydrogen-bond donors (Lipinski definition) is 0. The summed E-state index contributed by atoms with van der Waals surface area (Å²) in [5, 5.41) is 0. The van der Waals surface area contributed by atoms with Gasteiger partial charge in [-0.05, 0) is 26.3 Å². The van der Waals surface area contributed by atoms with E-state index in [9.17, 15) is 4.57 Å². The molecular weight excluding hydrogens is 261 g/mol. The molecular formula is C14H20NO3P. The van der Waals surface area contributed by atoms with E-state index in [4.69, 9.17) is 9.05 Å². The van der Waals surface area contributed by atoms with Crippen molar-refractivity contribution < 1.29 is 13.6 Å².